The van der Waals surface area contributed by atoms with Gasteiger partial charge in [0.2, 0.25) is 5.91 Å². The second kappa shape index (κ2) is 8.31. The number of aromatic amines is 1. The van der Waals surface area contributed by atoms with Gasteiger partial charge in [-0.2, -0.15) is 5.10 Å². The van der Waals surface area contributed by atoms with Crippen molar-refractivity contribution in [2.24, 2.45) is 5.73 Å². The second-order valence-electron chi connectivity index (χ2n) is 5.80. The fourth-order valence-electron chi connectivity index (χ4n) is 2.47. The number of halogens is 1. The first-order valence-corrected chi connectivity index (χ1v) is 8.22. The topological polar surface area (TPSA) is 144 Å². The first kappa shape index (κ1) is 19.0. The molecule has 3 rings (SSSR count). The largest absolute Gasteiger partial charge is 0.349 e. The van der Waals surface area contributed by atoms with Gasteiger partial charge in [-0.05, 0) is 17.7 Å². The molecule has 0 unspecified atom stereocenters. The Morgan fingerprint density at radius 2 is 2.18 bits per heavy atom. The van der Waals surface area contributed by atoms with Gasteiger partial charge in [-0.1, -0.05) is 0 Å². The lowest BCUT2D eigenvalue weighted by Crippen LogP contribution is -2.19. The third-order valence-electron chi connectivity index (χ3n) is 3.77. The quantitative estimate of drug-likeness (QED) is 0.568. The summed E-state index contributed by atoms with van der Waals surface area (Å²) in [5.74, 6) is 0.635. The molecule has 0 spiro atoms. The molecule has 4 N–H and O–H groups in total. The van der Waals surface area contributed by atoms with Crippen molar-refractivity contribution >= 4 is 11.7 Å². The molecule has 0 bridgehead atoms. The number of amides is 1. The Hall–Kier alpha value is -3.73. The van der Waals surface area contributed by atoms with Crippen molar-refractivity contribution in [1.29, 1.82) is 0 Å². The first-order valence-electron chi connectivity index (χ1n) is 8.22. The van der Waals surface area contributed by atoms with Crippen LogP contribution in [-0.2, 0) is 11.2 Å². The molecule has 3 heterocycles. The van der Waals surface area contributed by atoms with E-state index in [1.54, 1.807) is 12.1 Å². The molecule has 0 aliphatic rings. The summed E-state index contributed by atoms with van der Waals surface area (Å²) in [6.07, 6.45) is 4.86. The lowest BCUT2D eigenvalue weighted by molar-refractivity contribution is -0.114. The molecule has 0 fully saturated rings. The Kier molecular flexibility index (Phi) is 5.65. The maximum absolute atomic E-state index is 12.8. The summed E-state index contributed by atoms with van der Waals surface area (Å²) in [7, 11) is 0. The predicted molar refractivity (Wildman–Crippen MR) is 99.3 cm³/mol. The third-order valence-corrected chi connectivity index (χ3v) is 3.77. The Labute approximate surface area is 158 Å². The summed E-state index contributed by atoms with van der Waals surface area (Å²) in [5.41, 5.74) is 6.42. The van der Waals surface area contributed by atoms with Crippen LogP contribution in [0.3, 0.4) is 0 Å². The van der Waals surface area contributed by atoms with Gasteiger partial charge in [0.25, 0.3) is 0 Å². The number of H-pyrrole nitrogens is 1. The summed E-state index contributed by atoms with van der Waals surface area (Å²) in [6, 6.07) is 3.37. The molecular formula is C17H17FN8O2. The summed E-state index contributed by atoms with van der Waals surface area (Å²) < 4.78 is 14.0. The van der Waals surface area contributed by atoms with E-state index < -0.39 is 5.69 Å². The minimum Gasteiger partial charge on any atom is -0.327 e. The number of carbonyl (C=O) groups is 1. The van der Waals surface area contributed by atoms with Crippen molar-refractivity contribution in [3.63, 3.8) is 0 Å². The molecule has 3 aromatic heterocycles. The van der Waals surface area contributed by atoms with Crippen LogP contribution < -0.4 is 16.7 Å². The molecule has 0 radical (unpaired) electrons. The molecule has 1 amide bonds. The number of carbonyl (C=O) groups excluding carboxylic acids is 1. The number of aromatic nitrogens is 6. The van der Waals surface area contributed by atoms with Gasteiger partial charge in [-0.15, -0.1) is 0 Å². The third kappa shape index (κ3) is 4.15. The van der Waals surface area contributed by atoms with Crippen molar-refractivity contribution in [1.82, 2.24) is 29.7 Å². The molecule has 0 saturated carbocycles. The van der Waals surface area contributed by atoms with E-state index in [1.165, 1.54) is 30.1 Å². The van der Waals surface area contributed by atoms with Crippen molar-refractivity contribution < 1.29 is 9.18 Å². The summed E-state index contributed by atoms with van der Waals surface area (Å²) in [4.78, 5) is 35.9. The zero-order valence-corrected chi connectivity index (χ0v) is 14.9. The first-order chi connectivity index (χ1) is 13.5. The van der Waals surface area contributed by atoms with Crippen LogP contribution in [0.15, 0.2) is 47.4 Å². The molecule has 28 heavy (non-hydrogen) atoms. The normalized spacial score (nSPS) is 11.5. The molecule has 10 nitrogen and oxygen atoms in total. The number of nitrogens with one attached hydrogen (secondary N) is 2. The van der Waals surface area contributed by atoms with Crippen LogP contribution in [0.5, 0.6) is 0 Å². The van der Waals surface area contributed by atoms with Crippen LogP contribution in [0, 0.1) is 0 Å². The monoisotopic (exact) mass is 384 g/mol. The fraction of sp³-hybridized carbons (Fsp3) is 0.176. The number of anilines is 1. The number of nitrogens with zero attached hydrogens (tertiary/aromatic N) is 5. The van der Waals surface area contributed by atoms with Crippen molar-refractivity contribution in [3.05, 3.63) is 58.9 Å². The van der Waals surface area contributed by atoms with Crippen LogP contribution in [0.25, 0.3) is 17.1 Å². The van der Waals surface area contributed by atoms with E-state index in [-0.39, 0.29) is 36.1 Å². The van der Waals surface area contributed by atoms with Crippen molar-refractivity contribution in [2.45, 2.75) is 13.3 Å². The Morgan fingerprint density at radius 3 is 2.82 bits per heavy atom. The van der Waals surface area contributed by atoms with E-state index in [0.717, 1.165) is 0 Å². The molecule has 0 saturated heterocycles. The van der Waals surface area contributed by atoms with E-state index in [1.807, 2.05) is 0 Å². The molecule has 144 valence electrons. The highest BCUT2D eigenvalue weighted by Gasteiger charge is 2.14. The SMILES string of the molecule is CC(=O)Nc1cc(-c2cnc(-n3c(C/C(=C\F)CN)n[nH]c3=O)cn2)ccn1. The molecule has 0 aliphatic carbocycles. The Bertz CT molecular complexity index is 1070. The molecule has 11 heteroatoms. The van der Waals surface area contributed by atoms with E-state index in [0.29, 0.717) is 23.4 Å². The van der Waals surface area contributed by atoms with Crippen LogP contribution in [-0.4, -0.2) is 42.2 Å². The highest BCUT2D eigenvalue weighted by atomic mass is 19.1. The van der Waals surface area contributed by atoms with Gasteiger partial charge in [0, 0.05) is 31.6 Å². The number of rotatable bonds is 6. The molecular weight excluding hydrogens is 367 g/mol. The van der Waals surface area contributed by atoms with Crippen molar-refractivity contribution in [2.75, 3.05) is 11.9 Å². The van der Waals surface area contributed by atoms with E-state index in [9.17, 15) is 14.0 Å². The smallest absolute Gasteiger partial charge is 0.327 e. The maximum atomic E-state index is 12.8. The average molecular weight is 384 g/mol. The maximum Gasteiger partial charge on any atom is 0.349 e. The average Bonchev–Trinajstić information content (AvgIpc) is 3.06. The van der Waals surface area contributed by atoms with E-state index >= 15 is 0 Å². The van der Waals surface area contributed by atoms with E-state index in [4.69, 9.17) is 5.73 Å². The molecule has 0 atom stereocenters. The minimum atomic E-state index is -0.524. The fourth-order valence-corrected chi connectivity index (χ4v) is 2.47. The van der Waals surface area contributed by atoms with Gasteiger partial charge in [0.15, 0.2) is 5.82 Å². The molecule has 3 aromatic rings. The van der Waals surface area contributed by atoms with Gasteiger partial charge < -0.3 is 11.1 Å². The van der Waals surface area contributed by atoms with Gasteiger partial charge in [-0.25, -0.2) is 28.8 Å². The molecule has 0 aliphatic heterocycles. The van der Waals surface area contributed by atoms with Crippen LogP contribution in [0.2, 0.25) is 0 Å². The summed E-state index contributed by atoms with van der Waals surface area (Å²) in [5, 5.41) is 8.80. The number of nitrogens with two attached hydrogens (primary N) is 1. The Balaban J connectivity index is 1.91. The summed E-state index contributed by atoms with van der Waals surface area (Å²) >= 11 is 0. The summed E-state index contributed by atoms with van der Waals surface area (Å²) in [6.45, 7) is 1.39. The van der Waals surface area contributed by atoms with Gasteiger partial charge in [0.1, 0.15) is 11.6 Å². The number of hydrogen-bond donors (Lipinski definition) is 3. The van der Waals surface area contributed by atoms with Crippen molar-refractivity contribution in [3.8, 4) is 17.1 Å². The second-order valence-corrected chi connectivity index (χ2v) is 5.80. The number of hydrogen-bond acceptors (Lipinski definition) is 7. The highest BCUT2D eigenvalue weighted by Crippen LogP contribution is 2.19. The predicted octanol–water partition coefficient (Wildman–Crippen LogP) is 0.726. The standard InChI is InChI=1S/C17H17FN8O2/c1-10(27)23-14-5-12(2-3-20-14)13-8-22-16(9-21-13)26-15(24-25-17(26)28)4-11(6-18)7-19/h2-3,5-6,8-9H,4,7,19H2,1H3,(H,25,28)(H,20,23,27)/b11-6+. The molecule has 0 aromatic carbocycles. The van der Waals surface area contributed by atoms with Crippen LogP contribution >= 0.6 is 0 Å². The zero-order valence-electron chi connectivity index (χ0n) is 14.9. The van der Waals surface area contributed by atoms with Gasteiger partial charge >= 0.3 is 5.69 Å². The van der Waals surface area contributed by atoms with Gasteiger partial charge in [0.05, 0.1) is 24.4 Å². The van der Waals surface area contributed by atoms with E-state index in [2.05, 4.69) is 30.5 Å². The minimum absolute atomic E-state index is 0.000835. The number of pyridine rings is 1. The van der Waals surface area contributed by atoms with Crippen LogP contribution in [0.4, 0.5) is 10.2 Å². The van der Waals surface area contributed by atoms with Crippen LogP contribution in [0.1, 0.15) is 12.7 Å². The highest BCUT2D eigenvalue weighted by molar-refractivity contribution is 5.88. The lowest BCUT2D eigenvalue weighted by atomic mass is 10.2. The van der Waals surface area contributed by atoms with Gasteiger partial charge in [-0.3, -0.25) is 9.78 Å². The Morgan fingerprint density at radius 1 is 1.36 bits per heavy atom. The lowest BCUT2D eigenvalue weighted by Gasteiger charge is -2.07. The zero-order chi connectivity index (χ0) is 20.1.